The van der Waals surface area contributed by atoms with Gasteiger partial charge in [0.15, 0.2) is 0 Å². The zero-order valence-electron chi connectivity index (χ0n) is 5.42. The Kier molecular flexibility index (Phi) is 5.79. The molecule has 0 heterocycles. The molecule has 0 amide bonds. The van der Waals surface area contributed by atoms with Crippen molar-refractivity contribution in [2.75, 3.05) is 6.61 Å². The van der Waals surface area contributed by atoms with Gasteiger partial charge in [0.1, 0.15) is 5.75 Å². The van der Waals surface area contributed by atoms with Crippen molar-refractivity contribution in [3.05, 3.63) is 30.3 Å². The molecule has 0 aliphatic rings. The summed E-state index contributed by atoms with van der Waals surface area (Å²) < 4.78 is 5.19. The van der Waals surface area contributed by atoms with Crippen molar-refractivity contribution in [3.63, 3.8) is 0 Å². The number of hydrogen-bond donors (Lipinski definition) is 0. The Morgan fingerprint density at radius 1 is 1.40 bits per heavy atom. The fourth-order valence-corrected chi connectivity index (χ4v) is 0.634. The third-order valence-corrected chi connectivity index (χ3v) is 0.999. The van der Waals surface area contributed by atoms with Gasteiger partial charge in [0.25, 0.3) is 0 Å². The van der Waals surface area contributed by atoms with Crippen LogP contribution < -0.4 is 4.74 Å². The zero-order chi connectivity index (χ0) is 6.53. The summed E-state index contributed by atoms with van der Waals surface area (Å²) >= 11 is 0. The molecule has 0 fully saturated rings. The molecule has 10 heavy (non-hydrogen) atoms. The van der Waals surface area contributed by atoms with Crippen LogP contribution in [0.2, 0.25) is 0 Å². The van der Waals surface area contributed by atoms with Crippen LogP contribution in [0.25, 0.3) is 0 Å². The maximum absolute atomic E-state index is 5.19. The minimum atomic E-state index is 0. The van der Waals surface area contributed by atoms with E-state index in [4.69, 9.17) is 4.74 Å². The molecular weight excluding hydrogens is 135 g/mol. The molecule has 1 aromatic rings. The van der Waals surface area contributed by atoms with E-state index in [2.05, 4.69) is 6.07 Å². The Balaban J connectivity index is 0.000000810. The Morgan fingerprint density at radius 3 is 2.50 bits per heavy atom. The Morgan fingerprint density at radius 2 is 2.00 bits per heavy atom. The number of rotatable bonds is 2. The number of benzene rings is 1. The summed E-state index contributed by atoms with van der Waals surface area (Å²) in [6, 6.07) is 10.4. The SMILES string of the molecule is CCOc1cc[c]cc1.[NaH]. The molecule has 0 bridgehead atoms. The number of hydrogen-bond acceptors (Lipinski definition) is 1. The van der Waals surface area contributed by atoms with Crippen LogP contribution >= 0.6 is 0 Å². The normalized spacial score (nSPS) is 8.10. The minimum absolute atomic E-state index is 0. The molecule has 0 atom stereocenters. The second-order valence-electron chi connectivity index (χ2n) is 1.67. The predicted molar refractivity (Wildman–Crippen MR) is 43.6 cm³/mol. The second-order valence-corrected chi connectivity index (χ2v) is 1.67. The van der Waals surface area contributed by atoms with Gasteiger partial charge in [-0.1, -0.05) is 12.1 Å². The van der Waals surface area contributed by atoms with E-state index in [1.54, 1.807) is 0 Å². The van der Waals surface area contributed by atoms with Crippen molar-refractivity contribution >= 4 is 29.6 Å². The van der Waals surface area contributed by atoms with E-state index in [0.29, 0.717) is 0 Å². The predicted octanol–water partition coefficient (Wildman–Crippen LogP) is 1.24. The molecule has 1 aromatic carbocycles. The average molecular weight is 145 g/mol. The first-order valence-electron chi connectivity index (χ1n) is 3.02. The standard InChI is InChI=1S/C8H9O.Na.H/c1-2-9-8-6-4-3-5-7-8;;/h4-7H,2H2,1H3;;. The molecule has 0 aliphatic heterocycles. The van der Waals surface area contributed by atoms with E-state index in [0.717, 1.165) is 12.4 Å². The van der Waals surface area contributed by atoms with Crippen LogP contribution in [0.3, 0.4) is 0 Å². The summed E-state index contributed by atoms with van der Waals surface area (Å²) in [5.74, 6) is 0.913. The second kappa shape index (κ2) is 5.78. The van der Waals surface area contributed by atoms with Crippen molar-refractivity contribution in [3.8, 4) is 5.75 Å². The molecule has 1 nitrogen and oxygen atoms in total. The zero-order valence-corrected chi connectivity index (χ0v) is 5.42. The molecular formula is C8H10NaO. The van der Waals surface area contributed by atoms with Gasteiger partial charge >= 0.3 is 29.6 Å². The quantitative estimate of drug-likeness (QED) is 0.569. The molecule has 0 saturated carbocycles. The molecule has 0 spiro atoms. The molecule has 1 radical (unpaired) electrons. The summed E-state index contributed by atoms with van der Waals surface area (Å²) in [6.07, 6.45) is 0. The van der Waals surface area contributed by atoms with Crippen LogP contribution in [0.15, 0.2) is 24.3 Å². The van der Waals surface area contributed by atoms with Crippen LogP contribution in [0.1, 0.15) is 6.92 Å². The van der Waals surface area contributed by atoms with Gasteiger partial charge in [-0.3, -0.25) is 0 Å². The summed E-state index contributed by atoms with van der Waals surface area (Å²) in [6.45, 7) is 2.70. The van der Waals surface area contributed by atoms with Gasteiger partial charge in [0.05, 0.1) is 6.61 Å². The van der Waals surface area contributed by atoms with Crippen LogP contribution in [-0.2, 0) is 0 Å². The molecule has 0 unspecified atom stereocenters. The molecule has 0 N–H and O–H groups in total. The van der Waals surface area contributed by atoms with Gasteiger partial charge < -0.3 is 4.74 Å². The van der Waals surface area contributed by atoms with E-state index in [1.807, 2.05) is 31.2 Å². The van der Waals surface area contributed by atoms with Gasteiger partial charge in [-0.05, 0) is 25.1 Å². The summed E-state index contributed by atoms with van der Waals surface area (Å²) in [4.78, 5) is 0. The third-order valence-electron chi connectivity index (χ3n) is 0.999. The van der Waals surface area contributed by atoms with Gasteiger partial charge in [-0.2, -0.15) is 0 Å². The topological polar surface area (TPSA) is 9.23 Å². The van der Waals surface area contributed by atoms with Gasteiger partial charge in [-0.15, -0.1) is 0 Å². The van der Waals surface area contributed by atoms with Crippen LogP contribution in [-0.4, -0.2) is 36.2 Å². The van der Waals surface area contributed by atoms with Gasteiger partial charge in [0.2, 0.25) is 0 Å². The molecule has 2 heteroatoms. The third kappa shape index (κ3) is 3.25. The van der Waals surface area contributed by atoms with Crippen molar-refractivity contribution in [1.29, 1.82) is 0 Å². The first-order chi connectivity index (χ1) is 4.43. The van der Waals surface area contributed by atoms with E-state index in [1.165, 1.54) is 0 Å². The van der Waals surface area contributed by atoms with Crippen molar-refractivity contribution in [1.82, 2.24) is 0 Å². The first kappa shape index (κ1) is 10.0. The molecule has 0 aliphatic carbocycles. The monoisotopic (exact) mass is 145 g/mol. The fourth-order valence-electron chi connectivity index (χ4n) is 0.634. The van der Waals surface area contributed by atoms with Crippen LogP contribution in [0.4, 0.5) is 0 Å². The molecule has 49 valence electrons. The van der Waals surface area contributed by atoms with Gasteiger partial charge in [0, 0.05) is 0 Å². The molecule has 0 aromatic heterocycles. The molecule has 1 rings (SSSR count). The Hall–Kier alpha value is 0.0200. The maximum atomic E-state index is 5.19. The Labute approximate surface area is 83.7 Å². The summed E-state index contributed by atoms with van der Waals surface area (Å²) in [5, 5.41) is 0. The first-order valence-corrected chi connectivity index (χ1v) is 3.02. The molecule has 0 saturated heterocycles. The van der Waals surface area contributed by atoms with E-state index >= 15 is 0 Å². The van der Waals surface area contributed by atoms with Crippen molar-refractivity contribution in [2.45, 2.75) is 6.92 Å². The fraction of sp³-hybridized carbons (Fsp3) is 0.250. The summed E-state index contributed by atoms with van der Waals surface area (Å²) in [5.41, 5.74) is 0. The Bertz CT molecular complexity index is 162. The van der Waals surface area contributed by atoms with E-state index < -0.39 is 0 Å². The van der Waals surface area contributed by atoms with E-state index in [9.17, 15) is 0 Å². The van der Waals surface area contributed by atoms with Gasteiger partial charge in [-0.25, -0.2) is 0 Å². The van der Waals surface area contributed by atoms with Crippen LogP contribution in [0, 0.1) is 6.07 Å². The van der Waals surface area contributed by atoms with Crippen LogP contribution in [0.5, 0.6) is 5.75 Å². The average Bonchev–Trinajstić information content (AvgIpc) is 1.91. The summed E-state index contributed by atoms with van der Waals surface area (Å²) in [7, 11) is 0. The van der Waals surface area contributed by atoms with Crippen molar-refractivity contribution in [2.24, 2.45) is 0 Å². The van der Waals surface area contributed by atoms with Crippen molar-refractivity contribution < 1.29 is 4.74 Å². The number of ether oxygens (including phenoxy) is 1. The van der Waals surface area contributed by atoms with E-state index in [-0.39, 0.29) is 29.6 Å².